The quantitative estimate of drug-likeness (QED) is 0.890. The summed E-state index contributed by atoms with van der Waals surface area (Å²) in [5.41, 5.74) is 1.19. The molecule has 0 bridgehead atoms. The van der Waals surface area contributed by atoms with Gasteiger partial charge in [0.15, 0.2) is 0 Å². The first-order valence-corrected chi connectivity index (χ1v) is 5.57. The molecular formula is C14H11F2NO2. The number of aromatic carboxylic acids is 1. The van der Waals surface area contributed by atoms with Crippen molar-refractivity contribution in [1.29, 1.82) is 0 Å². The van der Waals surface area contributed by atoms with Gasteiger partial charge in [0.25, 0.3) is 0 Å². The summed E-state index contributed by atoms with van der Waals surface area (Å²) < 4.78 is 26.1. The predicted molar refractivity (Wildman–Crippen MR) is 67.1 cm³/mol. The van der Waals surface area contributed by atoms with Crippen LogP contribution >= 0.6 is 0 Å². The fourth-order valence-electron chi connectivity index (χ4n) is 1.60. The van der Waals surface area contributed by atoms with Gasteiger partial charge >= 0.3 is 5.97 Å². The summed E-state index contributed by atoms with van der Waals surface area (Å²) in [6.45, 7) is 0.322. The molecule has 0 aliphatic carbocycles. The summed E-state index contributed by atoms with van der Waals surface area (Å²) in [7, 11) is 0. The van der Waals surface area contributed by atoms with E-state index in [0.717, 1.165) is 11.6 Å². The maximum atomic E-state index is 13.3. The smallest absolute Gasteiger partial charge is 0.335 e. The van der Waals surface area contributed by atoms with Crippen molar-refractivity contribution in [3.05, 3.63) is 65.2 Å². The molecule has 0 fully saturated rings. The number of carbonyl (C=O) groups is 1. The molecule has 2 rings (SSSR count). The Kier molecular flexibility index (Phi) is 3.75. The zero-order valence-corrected chi connectivity index (χ0v) is 9.86. The van der Waals surface area contributed by atoms with Gasteiger partial charge in [-0.3, -0.25) is 0 Å². The summed E-state index contributed by atoms with van der Waals surface area (Å²) >= 11 is 0. The van der Waals surface area contributed by atoms with Crippen molar-refractivity contribution in [3.8, 4) is 0 Å². The van der Waals surface area contributed by atoms with Gasteiger partial charge in [-0.25, -0.2) is 13.6 Å². The van der Waals surface area contributed by atoms with Crippen molar-refractivity contribution < 1.29 is 18.7 Å². The van der Waals surface area contributed by atoms with Gasteiger partial charge < -0.3 is 10.4 Å². The molecule has 0 aliphatic rings. The monoisotopic (exact) mass is 263 g/mol. The number of hydrogen-bond donors (Lipinski definition) is 2. The average Bonchev–Trinajstić information content (AvgIpc) is 2.38. The van der Waals surface area contributed by atoms with E-state index in [1.165, 1.54) is 24.3 Å². The first-order chi connectivity index (χ1) is 9.06. The largest absolute Gasteiger partial charge is 0.478 e. The summed E-state index contributed by atoms with van der Waals surface area (Å²) in [6.07, 6.45) is 0. The summed E-state index contributed by atoms with van der Waals surface area (Å²) in [6, 6.07) is 9.50. The van der Waals surface area contributed by atoms with Gasteiger partial charge in [0.2, 0.25) is 0 Å². The molecule has 19 heavy (non-hydrogen) atoms. The lowest BCUT2D eigenvalue weighted by atomic mass is 10.1. The molecule has 0 heterocycles. The number of rotatable bonds is 4. The van der Waals surface area contributed by atoms with Gasteiger partial charge in [-0.05, 0) is 29.8 Å². The minimum Gasteiger partial charge on any atom is -0.478 e. The molecule has 0 unspecified atom stereocenters. The van der Waals surface area contributed by atoms with Crippen molar-refractivity contribution in [2.24, 2.45) is 0 Å². The molecule has 2 aromatic carbocycles. The fraction of sp³-hybridized carbons (Fsp3) is 0.0714. The standard InChI is InChI=1S/C14H11F2NO2/c15-11-5-6-13(12(16)7-11)17-8-9-1-3-10(4-2-9)14(18)19/h1-7,17H,8H2,(H,18,19). The Morgan fingerprint density at radius 1 is 1.11 bits per heavy atom. The van der Waals surface area contributed by atoms with Gasteiger partial charge in [-0.15, -0.1) is 0 Å². The van der Waals surface area contributed by atoms with Gasteiger partial charge in [-0.2, -0.15) is 0 Å². The first-order valence-electron chi connectivity index (χ1n) is 5.57. The van der Waals surface area contributed by atoms with E-state index in [1.807, 2.05) is 0 Å². The van der Waals surface area contributed by atoms with E-state index in [4.69, 9.17) is 5.11 Å². The van der Waals surface area contributed by atoms with E-state index in [-0.39, 0.29) is 11.3 Å². The minimum atomic E-state index is -0.996. The number of carboxylic acids is 1. The fourth-order valence-corrected chi connectivity index (χ4v) is 1.60. The van der Waals surface area contributed by atoms with Crippen molar-refractivity contribution in [3.63, 3.8) is 0 Å². The molecule has 0 amide bonds. The molecule has 0 aliphatic heterocycles. The summed E-state index contributed by atoms with van der Waals surface area (Å²) in [5.74, 6) is -2.29. The number of nitrogens with one attached hydrogen (secondary N) is 1. The summed E-state index contributed by atoms with van der Waals surface area (Å²) in [4.78, 5) is 10.7. The molecule has 2 aromatic rings. The minimum absolute atomic E-state index is 0.191. The van der Waals surface area contributed by atoms with Crippen LogP contribution in [-0.4, -0.2) is 11.1 Å². The predicted octanol–water partition coefficient (Wildman–Crippen LogP) is 3.28. The van der Waals surface area contributed by atoms with Crippen LogP contribution in [0.2, 0.25) is 0 Å². The van der Waals surface area contributed by atoms with Crippen LogP contribution in [0.25, 0.3) is 0 Å². The first kappa shape index (κ1) is 13.0. The number of carboxylic acid groups (broad SMARTS) is 1. The molecule has 0 aromatic heterocycles. The van der Waals surface area contributed by atoms with Gasteiger partial charge in [0, 0.05) is 12.6 Å². The number of halogens is 2. The lowest BCUT2D eigenvalue weighted by Crippen LogP contribution is -2.02. The lowest BCUT2D eigenvalue weighted by molar-refractivity contribution is 0.0697. The molecule has 0 saturated carbocycles. The van der Waals surface area contributed by atoms with Gasteiger partial charge in [0.05, 0.1) is 11.3 Å². The number of anilines is 1. The second kappa shape index (κ2) is 5.48. The highest BCUT2D eigenvalue weighted by Crippen LogP contribution is 2.16. The van der Waals surface area contributed by atoms with Crippen LogP contribution in [0.3, 0.4) is 0 Å². The number of hydrogen-bond acceptors (Lipinski definition) is 2. The van der Waals surface area contributed by atoms with Crippen LogP contribution in [-0.2, 0) is 6.54 Å². The van der Waals surface area contributed by atoms with Gasteiger partial charge in [-0.1, -0.05) is 12.1 Å². The third-order valence-corrected chi connectivity index (χ3v) is 2.61. The maximum absolute atomic E-state index is 13.3. The van der Waals surface area contributed by atoms with Crippen LogP contribution in [0.4, 0.5) is 14.5 Å². The molecule has 2 N–H and O–H groups in total. The van der Waals surface area contributed by atoms with Gasteiger partial charge in [0.1, 0.15) is 11.6 Å². The Labute approximate surface area is 108 Å². The Morgan fingerprint density at radius 2 is 1.79 bits per heavy atom. The summed E-state index contributed by atoms with van der Waals surface area (Å²) in [5, 5.41) is 11.6. The highest BCUT2D eigenvalue weighted by Gasteiger charge is 2.04. The van der Waals surface area contributed by atoms with E-state index in [9.17, 15) is 13.6 Å². The Bertz CT molecular complexity index is 597. The highest BCUT2D eigenvalue weighted by molar-refractivity contribution is 5.87. The second-order valence-corrected chi connectivity index (χ2v) is 3.98. The van der Waals surface area contributed by atoms with E-state index in [0.29, 0.717) is 6.54 Å². The van der Waals surface area contributed by atoms with Crippen LogP contribution in [0.5, 0.6) is 0 Å². The molecule has 0 saturated heterocycles. The Morgan fingerprint density at radius 3 is 2.37 bits per heavy atom. The zero-order chi connectivity index (χ0) is 13.8. The van der Waals surface area contributed by atoms with E-state index in [2.05, 4.69) is 5.32 Å². The van der Waals surface area contributed by atoms with Crippen molar-refractivity contribution in [2.45, 2.75) is 6.54 Å². The maximum Gasteiger partial charge on any atom is 0.335 e. The lowest BCUT2D eigenvalue weighted by Gasteiger charge is -2.08. The van der Waals surface area contributed by atoms with E-state index >= 15 is 0 Å². The topological polar surface area (TPSA) is 49.3 Å². The normalized spacial score (nSPS) is 10.2. The molecular weight excluding hydrogens is 252 g/mol. The average molecular weight is 263 g/mol. The molecule has 98 valence electrons. The molecule has 3 nitrogen and oxygen atoms in total. The third kappa shape index (κ3) is 3.28. The molecule has 0 atom stereocenters. The molecule has 0 spiro atoms. The van der Waals surface area contributed by atoms with Crippen LogP contribution in [0, 0.1) is 11.6 Å². The molecule has 5 heteroatoms. The van der Waals surface area contributed by atoms with Crippen molar-refractivity contribution in [2.75, 3.05) is 5.32 Å². The Balaban J connectivity index is 2.04. The van der Waals surface area contributed by atoms with Crippen molar-refractivity contribution >= 4 is 11.7 Å². The number of benzene rings is 2. The van der Waals surface area contributed by atoms with E-state index < -0.39 is 17.6 Å². The molecule has 0 radical (unpaired) electrons. The van der Waals surface area contributed by atoms with E-state index in [1.54, 1.807) is 12.1 Å². The van der Waals surface area contributed by atoms with Crippen LogP contribution < -0.4 is 5.32 Å². The van der Waals surface area contributed by atoms with Crippen LogP contribution in [0.15, 0.2) is 42.5 Å². The zero-order valence-electron chi connectivity index (χ0n) is 9.86. The van der Waals surface area contributed by atoms with Crippen LogP contribution in [0.1, 0.15) is 15.9 Å². The Hall–Kier alpha value is -2.43. The highest BCUT2D eigenvalue weighted by atomic mass is 19.1. The third-order valence-electron chi connectivity index (χ3n) is 2.61. The SMILES string of the molecule is O=C(O)c1ccc(CNc2ccc(F)cc2F)cc1. The van der Waals surface area contributed by atoms with Crippen molar-refractivity contribution in [1.82, 2.24) is 0 Å². The second-order valence-electron chi connectivity index (χ2n) is 3.98.